The molecule has 1 heterocycles. The highest BCUT2D eigenvalue weighted by atomic mass is 35.5. The lowest BCUT2D eigenvalue weighted by Crippen LogP contribution is -2.52. The van der Waals surface area contributed by atoms with Crippen LogP contribution in [-0.2, 0) is 17.6 Å². The number of aromatic nitrogens is 1. The number of carbonyl (C=O) groups excluding carboxylic acids is 1. The van der Waals surface area contributed by atoms with Crippen molar-refractivity contribution in [2.75, 3.05) is 6.61 Å². The third kappa shape index (κ3) is 4.87. The van der Waals surface area contributed by atoms with Crippen LogP contribution in [0.1, 0.15) is 43.7 Å². The van der Waals surface area contributed by atoms with E-state index in [4.69, 9.17) is 11.6 Å². The number of carbonyl (C=O) groups is 1. The average Bonchev–Trinajstić information content (AvgIpc) is 3.22. The molecule has 0 saturated heterocycles. The quantitative estimate of drug-likeness (QED) is 0.409. The molecule has 3 aromatic rings. The monoisotopic (exact) mass is 452 g/mol. The van der Waals surface area contributed by atoms with E-state index < -0.39 is 5.41 Å². The van der Waals surface area contributed by atoms with Crippen molar-refractivity contribution in [1.82, 2.24) is 10.3 Å². The lowest BCUT2D eigenvalue weighted by Gasteiger charge is -2.42. The first-order chi connectivity index (χ1) is 15.5. The van der Waals surface area contributed by atoms with Gasteiger partial charge in [0.15, 0.2) is 0 Å². The van der Waals surface area contributed by atoms with Crippen LogP contribution in [0, 0.1) is 11.3 Å². The number of hydrogen-bond donors (Lipinski definition) is 3. The first-order valence-corrected chi connectivity index (χ1v) is 12.1. The molecule has 32 heavy (non-hydrogen) atoms. The summed E-state index contributed by atoms with van der Waals surface area (Å²) >= 11 is 6.83. The van der Waals surface area contributed by atoms with E-state index in [0.717, 1.165) is 47.7 Å². The van der Waals surface area contributed by atoms with Gasteiger partial charge in [0, 0.05) is 22.5 Å². The number of fused-ring (bicyclic) bond motifs is 1. The average molecular weight is 453 g/mol. The molecule has 2 aromatic carbocycles. The molecule has 4 nitrogen and oxygen atoms in total. The highest BCUT2D eigenvalue weighted by Crippen LogP contribution is 2.44. The van der Waals surface area contributed by atoms with Gasteiger partial charge in [-0.15, -0.1) is 11.6 Å². The summed E-state index contributed by atoms with van der Waals surface area (Å²) in [4.78, 5) is 17.2. The molecule has 1 aromatic heterocycles. The minimum Gasteiger partial charge on any atom is -0.394 e. The number of para-hydroxylation sites is 1. The van der Waals surface area contributed by atoms with E-state index in [1.165, 1.54) is 0 Å². The van der Waals surface area contributed by atoms with E-state index >= 15 is 0 Å². The third-order valence-electron chi connectivity index (χ3n) is 7.13. The zero-order valence-electron chi connectivity index (χ0n) is 18.7. The largest absolute Gasteiger partial charge is 0.394 e. The zero-order chi connectivity index (χ0) is 22.6. The van der Waals surface area contributed by atoms with Crippen molar-refractivity contribution in [2.24, 2.45) is 11.3 Å². The fourth-order valence-corrected chi connectivity index (χ4v) is 5.83. The summed E-state index contributed by atoms with van der Waals surface area (Å²) in [6, 6.07) is 17.9. The zero-order valence-corrected chi connectivity index (χ0v) is 19.4. The molecular weight excluding hydrogens is 420 g/mol. The van der Waals surface area contributed by atoms with Crippen LogP contribution in [0.3, 0.4) is 0 Å². The van der Waals surface area contributed by atoms with Crippen LogP contribution in [0.4, 0.5) is 0 Å². The van der Waals surface area contributed by atoms with Gasteiger partial charge in [-0.25, -0.2) is 0 Å². The molecule has 1 aliphatic rings. The number of aliphatic hydroxyl groups excluding tert-OH is 1. The molecule has 1 saturated carbocycles. The highest BCUT2D eigenvalue weighted by Gasteiger charge is 2.46. The molecule has 4 atom stereocenters. The number of halogens is 1. The van der Waals surface area contributed by atoms with Crippen LogP contribution in [0.2, 0.25) is 0 Å². The second-order valence-corrected chi connectivity index (χ2v) is 9.96. The number of benzene rings is 2. The minimum absolute atomic E-state index is 0.0182. The van der Waals surface area contributed by atoms with E-state index in [9.17, 15) is 9.90 Å². The Morgan fingerprint density at radius 1 is 1.16 bits per heavy atom. The van der Waals surface area contributed by atoms with Gasteiger partial charge >= 0.3 is 0 Å². The molecule has 4 unspecified atom stereocenters. The first kappa shape index (κ1) is 22.9. The summed E-state index contributed by atoms with van der Waals surface area (Å²) in [5.74, 6) is 0.0676. The molecule has 4 rings (SSSR count). The molecule has 1 fully saturated rings. The van der Waals surface area contributed by atoms with Gasteiger partial charge in [0.25, 0.3) is 0 Å². The number of aliphatic hydroxyl groups is 1. The standard InChI is InChI=1S/C27H33ClN2O2/c1-27(23-12-6-7-13-24(23)28,16-20-17-29-25-14-8-5-11-22(20)25)26(32)30-21(18-31)15-19-9-3-2-4-10-19/h2-5,8-11,14,17,21,23-24,29,31H,6-7,12-13,15-16,18H2,1H3,(H,30,32). The molecule has 1 aliphatic carbocycles. The van der Waals surface area contributed by atoms with Crippen molar-refractivity contribution < 1.29 is 9.90 Å². The summed E-state index contributed by atoms with van der Waals surface area (Å²) < 4.78 is 0. The van der Waals surface area contributed by atoms with E-state index in [-0.39, 0.29) is 29.9 Å². The molecule has 170 valence electrons. The Labute approximate surface area is 195 Å². The van der Waals surface area contributed by atoms with Crippen LogP contribution >= 0.6 is 11.6 Å². The molecule has 0 spiro atoms. The Hall–Kier alpha value is -2.30. The predicted octanol–water partition coefficient (Wildman–Crippen LogP) is 5.23. The topological polar surface area (TPSA) is 65.1 Å². The Morgan fingerprint density at radius 2 is 1.88 bits per heavy atom. The Bertz CT molecular complexity index is 1030. The van der Waals surface area contributed by atoms with E-state index in [2.05, 4.69) is 29.4 Å². The fourth-order valence-electron chi connectivity index (χ4n) is 5.27. The third-order valence-corrected chi connectivity index (χ3v) is 7.65. The van der Waals surface area contributed by atoms with Gasteiger partial charge in [0.1, 0.15) is 0 Å². The van der Waals surface area contributed by atoms with Crippen molar-refractivity contribution >= 4 is 28.4 Å². The van der Waals surface area contributed by atoms with Crippen LogP contribution in [0.5, 0.6) is 0 Å². The Balaban J connectivity index is 1.61. The van der Waals surface area contributed by atoms with E-state index in [1.54, 1.807) is 0 Å². The molecule has 3 N–H and O–H groups in total. The number of amides is 1. The number of nitrogens with one attached hydrogen (secondary N) is 2. The molecule has 1 amide bonds. The number of rotatable bonds is 8. The summed E-state index contributed by atoms with van der Waals surface area (Å²) in [6.45, 7) is 1.96. The SMILES string of the molecule is CC(Cc1c[nH]c2ccccc12)(C(=O)NC(CO)Cc1ccccc1)C1CCCCC1Cl. The Kier molecular flexibility index (Phi) is 7.22. The van der Waals surface area contributed by atoms with Crippen molar-refractivity contribution in [3.63, 3.8) is 0 Å². The van der Waals surface area contributed by atoms with Gasteiger partial charge in [-0.3, -0.25) is 4.79 Å². The lowest BCUT2D eigenvalue weighted by atomic mass is 9.66. The van der Waals surface area contributed by atoms with Gasteiger partial charge in [0.2, 0.25) is 5.91 Å². The second kappa shape index (κ2) is 10.1. The van der Waals surface area contributed by atoms with E-state index in [0.29, 0.717) is 12.8 Å². The molecule has 0 aliphatic heterocycles. The van der Waals surface area contributed by atoms with Gasteiger partial charge < -0.3 is 15.4 Å². The maximum atomic E-state index is 13.8. The maximum absolute atomic E-state index is 13.8. The van der Waals surface area contributed by atoms with Gasteiger partial charge in [-0.1, -0.05) is 68.3 Å². The van der Waals surface area contributed by atoms with Gasteiger partial charge in [0.05, 0.1) is 18.1 Å². The molecular formula is C27H33ClN2O2. The summed E-state index contributed by atoms with van der Waals surface area (Å²) in [5.41, 5.74) is 2.64. The van der Waals surface area contributed by atoms with Crippen LogP contribution in [0.25, 0.3) is 10.9 Å². The maximum Gasteiger partial charge on any atom is 0.226 e. The normalized spacial score (nSPS) is 21.7. The van der Waals surface area contributed by atoms with Crippen molar-refractivity contribution in [3.05, 3.63) is 71.9 Å². The lowest BCUT2D eigenvalue weighted by molar-refractivity contribution is -0.135. The van der Waals surface area contributed by atoms with Crippen molar-refractivity contribution in [2.45, 2.75) is 56.9 Å². The van der Waals surface area contributed by atoms with Crippen LogP contribution < -0.4 is 5.32 Å². The Morgan fingerprint density at radius 3 is 2.62 bits per heavy atom. The van der Waals surface area contributed by atoms with E-state index in [1.807, 2.05) is 48.7 Å². The smallest absolute Gasteiger partial charge is 0.226 e. The first-order valence-electron chi connectivity index (χ1n) is 11.7. The van der Waals surface area contributed by atoms with Crippen LogP contribution in [0.15, 0.2) is 60.8 Å². The summed E-state index contributed by atoms with van der Waals surface area (Å²) in [5, 5.41) is 14.3. The number of aromatic amines is 1. The highest BCUT2D eigenvalue weighted by molar-refractivity contribution is 6.21. The number of H-pyrrole nitrogens is 1. The van der Waals surface area contributed by atoms with Crippen molar-refractivity contribution in [1.29, 1.82) is 0 Å². The fraction of sp³-hybridized carbons (Fsp3) is 0.444. The molecule has 0 bridgehead atoms. The number of hydrogen-bond acceptors (Lipinski definition) is 2. The molecule has 0 radical (unpaired) electrons. The minimum atomic E-state index is -0.665. The van der Waals surface area contributed by atoms with Gasteiger partial charge in [-0.05, 0) is 48.8 Å². The van der Waals surface area contributed by atoms with Crippen molar-refractivity contribution in [3.8, 4) is 0 Å². The summed E-state index contributed by atoms with van der Waals surface area (Å²) in [6.07, 6.45) is 7.33. The van der Waals surface area contributed by atoms with Crippen LogP contribution in [-0.4, -0.2) is 34.0 Å². The summed E-state index contributed by atoms with van der Waals surface area (Å²) in [7, 11) is 0. The predicted molar refractivity (Wildman–Crippen MR) is 131 cm³/mol. The number of alkyl halides is 1. The second-order valence-electron chi connectivity index (χ2n) is 9.40. The van der Waals surface area contributed by atoms with Gasteiger partial charge in [-0.2, -0.15) is 0 Å². The molecule has 5 heteroatoms.